The fraction of sp³-hybridized carbons (Fsp3) is 0.444. The highest BCUT2D eigenvalue weighted by atomic mass is 35.5. The molecule has 1 aromatic heterocycles. The molecule has 24 heavy (non-hydrogen) atoms. The molecule has 0 aliphatic carbocycles. The van der Waals surface area contributed by atoms with Gasteiger partial charge < -0.3 is 10.1 Å². The third kappa shape index (κ3) is 3.79. The number of pyridine rings is 1. The molecule has 1 atom stereocenters. The first kappa shape index (κ1) is 17.0. The van der Waals surface area contributed by atoms with Gasteiger partial charge in [0.2, 0.25) is 0 Å². The van der Waals surface area contributed by atoms with Crippen LogP contribution in [-0.4, -0.2) is 48.1 Å². The fourth-order valence-corrected chi connectivity index (χ4v) is 3.41. The molecule has 1 N–H and O–H groups in total. The summed E-state index contributed by atoms with van der Waals surface area (Å²) in [6.07, 6.45) is 4.03. The highest BCUT2D eigenvalue weighted by molar-refractivity contribution is 6.35. The Balaban J connectivity index is 1.56. The predicted molar refractivity (Wildman–Crippen MR) is 95.5 cm³/mol. The number of benzene rings is 1. The summed E-state index contributed by atoms with van der Waals surface area (Å²) >= 11 is 6.16. The molecule has 2 aromatic rings. The second kappa shape index (κ2) is 7.81. The number of halogens is 1. The topological polar surface area (TPSA) is 54.5 Å². The number of ether oxygens (including phenoxy) is 1. The van der Waals surface area contributed by atoms with E-state index in [0.29, 0.717) is 28.9 Å². The second-order valence-electron chi connectivity index (χ2n) is 5.96. The molecule has 1 aliphatic rings. The van der Waals surface area contributed by atoms with Crippen molar-refractivity contribution >= 4 is 28.4 Å². The molecule has 0 spiro atoms. The number of nitrogens with zero attached hydrogens (tertiary/aromatic N) is 2. The van der Waals surface area contributed by atoms with Crippen molar-refractivity contribution in [2.45, 2.75) is 25.8 Å². The summed E-state index contributed by atoms with van der Waals surface area (Å²) in [5.74, 6) is 0.457. The lowest BCUT2D eigenvalue weighted by molar-refractivity contribution is -0.123. The predicted octanol–water partition coefficient (Wildman–Crippen LogP) is 2.87. The molecular formula is C18H22ClN3O2. The number of nitrogens with one attached hydrogen (secondary N) is 1. The van der Waals surface area contributed by atoms with E-state index < -0.39 is 0 Å². The van der Waals surface area contributed by atoms with E-state index >= 15 is 0 Å². The molecule has 6 heteroatoms. The van der Waals surface area contributed by atoms with E-state index in [9.17, 15) is 4.79 Å². The summed E-state index contributed by atoms with van der Waals surface area (Å²) in [4.78, 5) is 18.8. The van der Waals surface area contributed by atoms with Crippen molar-refractivity contribution in [1.29, 1.82) is 0 Å². The average molecular weight is 348 g/mol. The number of carbonyl (C=O) groups excluding carboxylic acids is 1. The third-order valence-corrected chi connectivity index (χ3v) is 4.81. The maximum absolute atomic E-state index is 12.1. The van der Waals surface area contributed by atoms with Gasteiger partial charge in [-0.05, 0) is 50.2 Å². The number of hydrogen-bond acceptors (Lipinski definition) is 4. The van der Waals surface area contributed by atoms with Crippen LogP contribution in [0.5, 0.6) is 5.75 Å². The fourth-order valence-electron chi connectivity index (χ4n) is 3.20. The molecule has 1 aliphatic heterocycles. The molecule has 128 valence electrons. The third-order valence-electron chi connectivity index (χ3n) is 4.48. The van der Waals surface area contributed by atoms with Gasteiger partial charge in [0.25, 0.3) is 5.91 Å². The molecule has 0 saturated carbocycles. The minimum atomic E-state index is -0.114. The standard InChI is InChI=1S/C18H22ClN3O2/c1-2-22-10-4-5-13(22)11-21-17(23)12-24-16-8-7-15(19)14-6-3-9-20-18(14)16/h3,6-9,13H,2,4-5,10-12H2,1H3,(H,21,23). The van der Waals surface area contributed by atoms with Crippen molar-refractivity contribution in [3.05, 3.63) is 35.5 Å². The monoisotopic (exact) mass is 347 g/mol. The number of aromatic nitrogens is 1. The van der Waals surface area contributed by atoms with E-state index in [4.69, 9.17) is 16.3 Å². The maximum atomic E-state index is 12.1. The van der Waals surface area contributed by atoms with Crippen LogP contribution in [0, 0.1) is 0 Å². The minimum absolute atomic E-state index is 0.0217. The number of rotatable bonds is 6. The van der Waals surface area contributed by atoms with Crippen LogP contribution in [0.2, 0.25) is 5.02 Å². The van der Waals surface area contributed by atoms with Crippen molar-refractivity contribution in [3.8, 4) is 5.75 Å². The van der Waals surface area contributed by atoms with Crippen LogP contribution in [0.15, 0.2) is 30.5 Å². The van der Waals surface area contributed by atoms with Crippen LogP contribution in [-0.2, 0) is 4.79 Å². The van der Waals surface area contributed by atoms with Crippen LogP contribution < -0.4 is 10.1 Å². The zero-order valence-electron chi connectivity index (χ0n) is 13.8. The Morgan fingerprint density at radius 1 is 1.46 bits per heavy atom. The maximum Gasteiger partial charge on any atom is 0.257 e. The Bertz CT molecular complexity index is 722. The smallest absolute Gasteiger partial charge is 0.257 e. The Morgan fingerprint density at radius 2 is 2.33 bits per heavy atom. The van der Waals surface area contributed by atoms with Gasteiger partial charge in [-0.25, -0.2) is 0 Å². The number of likely N-dealkylation sites (N-methyl/N-ethyl adjacent to an activating group) is 1. The number of likely N-dealkylation sites (tertiary alicyclic amines) is 1. The Kier molecular flexibility index (Phi) is 5.53. The first-order valence-corrected chi connectivity index (χ1v) is 8.73. The molecule has 2 heterocycles. The van der Waals surface area contributed by atoms with Crippen LogP contribution in [0.1, 0.15) is 19.8 Å². The lowest BCUT2D eigenvalue weighted by Crippen LogP contribution is -2.41. The molecule has 0 radical (unpaired) electrons. The second-order valence-corrected chi connectivity index (χ2v) is 6.37. The number of fused-ring (bicyclic) bond motifs is 1. The number of carbonyl (C=O) groups is 1. The van der Waals surface area contributed by atoms with E-state index in [0.717, 1.165) is 24.9 Å². The van der Waals surface area contributed by atoms with Crippen molar-refractivity contribution < 1.29 is 9.53 Å². The normalized spacial score (nSPS) is 18.0. The summed E-state index contributed by atoms with van der Waals surface area (Å²) in [6, 6.07) is 7.66. The van der Waals surface area contributed by atoms with Crippen molar-refractivity contribution in [1.82, 2.24) is 15.2 Å². The van der Waals surface area contributed by atoms with E-state index in [1.165, 1.54) is 6.42 Å². The van der Waals surface area contributed by atoms with Crippen LogP contribution in [0.3, 0.4) is 0 Å². The van der Waals surface area contributed by atoms with Crippen LogP contribution in [0.25, 0.3) is 10.9 Å². The molecule has 5 nitrogen and oxygen atoms in total. The number of hydrogen-bond donors (Lipinski definition) is 1. The zero-order chi connectivity index (χ0) is 16.9. The lowest BCUT2D eigenvalue weighted by Gasteiger charge is -2.22. The minimum Gasteiger partial charge on any atom is -0.481 e. The molecule has 1 saturated heterocycles. The quantitative estimate of drug-likeness (QED) is 0.873. The zero-order valence-corrected chi connectivity index (χ0v) is 14.6. The highest BCUT2D eigenvalue weighted by Crippen LogP contribution is 2.29. The van der Waals surface area contributed by atoms with Crippen molar-refractivity contribution in [2.24, 2.45) is 0 Å². The van der Waals surface area contributed by atoms with Crippen LogP contribution >= 0.6 is 11.6 Å². The molecule has 1 amide bonds. The average Bonchev–Trinajstić information content (AvgIpc) is 3.07. The van der Waals surface area contributed by atoms with Gasteiger partial charge in [0, 0.05) is 24.2 Å². The van der Waals surface area contributed by atoms with Gasteiger partial charge in [0.15, 0.2) is 6.61 Å². The molecule has 0 bridgehead atoms. The number of amides is 1. The van der Waals surface area contributed by atoms with E-state index in [2.05, 4.69) is 22.1 Å². The summed E-state index contributed by atoms with van der Waals surface area (Å²) < 4.78 is 5.66. The van der Waals surface area contributed by atoms with Gasteiger partial charge in [-0.1, -0.05) is 18.5 Å². The van der Waals surface area contributed by atoms with E-state index in [-0.39, 0.29) is 12.5 Å². The lowest BCUT2D eigenvalue weighted by atomic mass is 10.2. The molecule has 1 fully saturated rings. The SMILES string of the molecule is CCN1CCCC1CNC(=O)COc1ccc(Cl)c2cccnc12. The van der Waals surface area contributed by atoms with Gasteiger partial charge >= 0.3 is 0 Å². The van der Waals surface area contributed by atoms with Gasteiger partial charge in [-0.2, -0.15) is 0 Å². The Labute approximate surface area is 146 Å². The molecular weight excluding hydrogens is 326 g/mol. The van der Waals surface area contributed by atoms with Gasteiger partial charge in [-0.15, -0.1) is 0 Å². The van der Waals surface area contributed by atoms with Crippen molar-refractivity contribution in [2.75, 3.05) is 26.2 Å². The van der Waals surface area contributed by atoms with Gasteiger partial charge in [-0.3, -0.25) is 14.7 Å². The largest absolute Gasteiger partial charge is 0.481 e. The summed E-state index contributed by atoms with van der Waals surface area (Å²) in [5.41, 5.74) is 0.672. The molecule has 1 aromatic carbocycles. The molecule has 1 unspecified atom stereocenters. The molecule has 3 rings (SSSR count). The first-order chi connectivity index (χ1) is 11.7. The van der Waals surface area contributed by atoms with E-state index in [1.54, 1.807) is 18.3 Å². The highest BCUT2D eigenvalue weighted by Gasteiger charge is 2.23. The summed E-state index contributed by atoms with van der Waals surface area (Å²) in [7, 11) is 0. The van der Waals surface area contributed by atoms with E-state index in [1.807, 2.05) is 12.1 Å². The van der Waals surface area contributed by atoms with Gasteiger partial charge in [0.1, 0.15) is 11.3 Å². The van der Waals surface area contributed by atoms with Crippen molar-refractivity contribution in [3.63, 3.8) is 0 Å². The summed E-state index contributed by atoms with van der Waals surface area (Å²) in [5, 5.41) is 4.41. The Morgan fingerprint density at radius 3 is 3.17 bits per heavy atom. The van der Waals surface area contributed by atoms with Crippen LogP contribution in [0.4, 0.5) is 0 Å². The first-order valence-electron chi connectivity index (χ1n) is 8.36. The summed E-state index contributed by atoms with van der Waals surface area (Å²) in [6.45, 7) is 4.96. The van der Waals surface area contributed by atoms with Gasteiger partial charge in [0.05, 0.1) is 5.02 Å². The Hall–Kier alpha value is -1.85.